The van der Waals surface area contributed by atoms with Crippen molar-refractivity contribution in [3.63, 3.8) is 0 Å². The van der Waals surface area contributed by atoms with Crippen LogP contribution in [0.5, 0.6) is 0 Å². The molecule has 1 aromatic heterocycles. The van der Waals surface area contributed by atoms with Crippen molar-refractivity contribution in [2.45, 2.75) is 20.5 Å². The molecule has 0 aliphatic heterocycles. The summed E-state index contributed by atoms with van der Waals surface area (Å²) in [5, 5.41) is 14.2. The third kappa shape index (κ3) is 4.35. The highest BCUT2D eigenvalue weighted by Gasteiger charge is 2.21. The van der Waals surface area contributed by atoms with Gasteiger partial charge in [-0.15, -0.1) is 11.3 Å². The van der Waals surface area contributed by atoms with Crippen LogP contribution in [-0.4, -0.2) is 17.2 Å². The molecule has 0 saturated heterocycles. The van der Waals surface area contributed by atoms with E-state index in [1.54, 1.807) is 5.38 Å². The minimum absolute atomic E-state index is 0.0694. The van der Waals surface area contributed by atoms with Gasteiger partial charge in [0.25, 0.3) is 0 Å². The molecule has 5 nitrogen and oxygen atoms in total. The first-order chi connectivity index (χ1) is 13.0. The third-order valence-corrected chi connectivity index (χ3v) is 5.15. The molecule has 0 radical (unpaired) electrons. The van der Waals surface area contributed by atoms with Crippen LogP contribution in [0.15, 0.2) is 53.9 Å². The van der Waals surface area contributed by atoms with Crippen molar-refractivity contribution in [2.24, 2.45) is 0 Å². The van der Waals surface area contributed by atoms with Crippen molar-refractivity contribution in [3.05, 3.63) is 76.2 Å². The number of rotatable bonds is 5. The molecule has 0 unspecified atom stereocenters. The quantitative estimate of drug-likeness (QED) is 0.614. The van der Waals surface area contributed by atoms with Gasteiger partial charge in [-0.1, -0.05) is 48.5 Å². The molecule has 0 aliphatic carbocycles. The van der Waals surface area contributed by atoms with Crippen molar-refractivity contribution in [1.82, 2.24) is 0 Å². The second kappa shape index (κ2) is 8.05. The summed E-state index contributed by atoms with van der Waals surface area (Å²) in [4.78, 5) is 23.9. The summed E-state index contributed by atoms with van der Waals surface area (Å²) < 4.78 is 5.18. The fourth-order valence-electron chi connectivity index (χ4n) is 2.64. The Labute approximate surface area is 161 Å². The van der Waals surface area contributed by atoms with Gasteiger partial charge in [-0.3, -0.25) is 5.32 Å². The first kappa shape index (κ1) is 18.7. The van der Waals surface area contributed by atoms with Gasteiger partial charge in [-0.05, 0) is 36.1 Å². The van der Waals surface area contributed by atoms with Crippen LogP contribution >= 0.6 is 11.3 Å². The van der Waals surface area contributed by atoms with Gasteiger partial charge < -0.3 is 9.84 Å². The number of hydrogen-bond donors (Lipinski definition) is 2. The first-order valence-corrected chi connectivity index (χ1v) is 9.24. The zero-order valence-electron chi connectivity index (χ0n) is 15.0. The van der Waals surface area contributed by atoms with Crippen LogP contribution in [0.4, 0.5) is 9.80 Å². The van der Waals surface area contributed by atoms with E-state index in [9.17, 15) is 14.7 Å². The topological polar surface area (TPSA) is 75.6 Å². The number of carbonyl (C=O) groups excluding carboxylic acids is 1. The Morgan fingerprint density at radius 2 is 1.81 bits per heavy atom. The van der Waals surface area contributed by atoms with E-state index in [0.717, 1.165) is 22.3 Å². The van der Waals surface area contributed by atoms with Gasteiger partial charge in [-0.2, -0.15) is 0 Å². The lowest BCUT2D eigenvalue weighted by Crippen LogP contribution is -2.14. The molecule has 0 spiro atoms. The lowest BCUT2D eigenvalue weighted by molar-refractivity contribution is 0.0699. The number of amides is 1. The molecule has 2 N–H and O–H groups in total. The maximum atomic E-state index is 12.1. The van der Waals surface area contributed by atoms with Crippen molar-refractivity contribution < 1.29 is 19.4 Å². The molecular weight excluding hydrogens is 362 g/mol. The molecule has 2 aromatic carbocycles. The maximum absolute atomic E-state index is 12.1. The van der Waals surface area contributed by atoms with E-state index in [4.69, 9.17) is 4.74 Å². The van der Waals surface area contributed by atoms with E-state index in [2.05, 4.69) is 5.32 Å². The van der Waals surface area contributed by atoms with E-state index in [0.29, 0.717) is 5.56 Å². The normalized spacial score (nSPS) is 10.4. The van der Waals surface area contributed by atoms with Gasteiger partial charge >= 0.3 is 12.1 Å². The summed E-state index contributed by atoms with van der Waals surface area (Å²) in [6.07, 6.45) is -0.685. The second-order valence-corrected chi connectivity index (χ2v) is 7.02. The summed E-state index contributed by atoms with van der Waals surface area (Å²) in [5.41, 5.74) is 4.51. The summed E-state index contributed by atoms with van der Waals surface area (Å²) >= 11 is 1.17. The first-order valence-electron chi connectivity index (χ1n) is 8.36. The van der Waals surface area contributed by atoms with Crippen LogP contribution < -0.4 is 5.32 Å². The number of hydrogen-bond acceptors (Lipinski definition) is 4. The molecular formula is C21H19NO4S. The number of aryl methyl sites for hydroxylation is 2. The number of carbonyl (C=O) groups is 2. The van der Waals surface area contributed by atoms with Crippen molar-refractivity contribution in [2.75, 3.05) is 5.32 Å². The van der Waals surface area contributed by atoms with Gasteiger partial charge in [0.2, 0.25) is 0 Å². The minimum atomic E-state index is -1.09. The summed E-state index contributed by atoms with van der Waals surface area (Å²) in [6, 6.07) is 15.1. The smallest absolute Gasteiger partial charge is 0.412 e. The zero-order chi connectivity index (χ0) is 19.4. The van der Waals surface area contributed by atoms with Gasteiger partial charge in [0.15, 0.2) is 0 Å². The van der Waals surface area contributed by atoms with Gasteiger partial charge in [-0.25, -0.2) is 9.59 Å². The van der Waals surface area contributed by atoms with Gasteiger partial charge in [0.1, 0.15) is 17.2 Å². The van der Waals surface area contributed by atoms with Crippen LogP contribution in [0.3, 0.4) is 0 Å². The Hall–Kier alpha value is -3.12. The summed E-state index contributed by atoms with van der Waals surface area (Å²) in [7, 11) is 0. The van der Waals surface area contributed by atoms with Gasteiger partial charge in [0, 0.05) is 10.9 Å². The molecule has 1 heterocycles. The number of anilines is 1. The Morgan fingerprint density at radius 3 is 2.48 bits per heavy atom. The van der Waals surface area contributed by atoms with Crippen LogP contribution in [0.1, 0.15) is 27.0 Å². The highest BCUT2D eigenvalue weighted by Crippen LogP contribution is 2.36. The average molecular weight is 381 g/mol. The van der Waals surface area contributed by atoms with E-state index in [-0.39, 0.29) is 17.2 Å². The number of benzene rings is 2. The molecule has 3 aromatic rings. The molecule has 0 saturated carbocycles. The number of carboxylic acid groups (broad SMARTS) is 1. The van der Waals surface area contributed by atoms with Crippen LogP contribution in [0, 0.1) is 13.8 Å². The predicted octanol–water partition coefficient (Wildman–Crippen LogP) is 5.48. The Kier molecular flexibility index (Phi) is 5.57. The number of thiophene rings is 1. The van der Waals surface area contributed by atoms with E-state index < -0.39 is 12.1 Å². The number of aromatic carboxylic acids is 1. The molecule has 0 bridgehead atoms. The van der Waals surface area contributed by atoms with Crippen molar-refractivity contribution in [3.8, 4) is 11.1 Å². The summed E-state index contributed by atoms with van der Waals surface area (Å²) in [6.45, 7) is 4.09. The predicted molar refractivity (Wildman–Crippen MR) is 106 cm³/mol. The molecule has 1 amide bonds. The fraction of sp³-hybridized carbons (Fsp3) is 0.143. The van der Waals surface area contributed by atoms with E-state index in [1.165, 1.54) is 11.3 Å². The van der Waals surface area contributed by atoms with Gasteiger partial charge in [0.05, 0.1) is 0 Å². The lowest BCUT2D eigenvalue weighted by atomic mass is 9.99. The highest BCUT2D eigenvalue weighted by molar-refractivity contribution is 7.15. The lowest BCUT2D eigenvalue weighted by Gasteiger charge is -2.08. The average Bonchev–Trinajstić information content (AvgIpc) is 3.07. The third-order valence-electron chi connectivity index (χ3n) is 4.25. The minimum Gasteiger partial charge on any atom is -0.478 e. The monoisotopic (exact) mass is 381 g/mol. The largest absolute Gasteiger partial charge is 0.478 e. The van der Waals surface area contributed by atoms with Crippen LogP contribution in [-0.2, 0) is 11.3 Å². The molecule has 0 atom stereocenters. The van der Waals surface area contributed by atoms with Crippen molar-refractivity contribution in [1.29, 1.82) is 0 Å². The number of ether oxygens (including phenoxy) is 1. The second-order valence-electron chi connectivity index (χ2n) is 6.14. The molecule has 3 rings (SSSR count). The molecule has 0 fully saturated rings. The summed E-state index contributed by atoms with van der Waals surface area (Å²) in [5.74, 6) is -1.09. The standard InChI is InChI=1S/C21H19NO4S/c1-13-8-9-16(10-14(13)2)17-12-27-19(18(17)20(23)24)22-21(25)26-11-15-6-4-3-5-7-15/h3-10,12H,11H2,1-2H3,(H,22,25)(H,23,24). The Morgan fingerprint density at radius 1 is 1.07 bits per heavy atom. The Bertz CT molecular complexity index is 979. The zero-order valence-corrected chi connectivity index (χ0v) is 15.8. The molecule has 138 valence electrons. The molecule has 27 heavy (non-hydrogen) atoms. The number of nitrogens with one attached hydrogen (secondary N) is 1. The van der Waals surface area contributed by atoms with Crippen LogP contribution in [0.25, 0.3) is 11.1 Å². The SMILES string of the molecule is Cc1ccc(-c2csc(NC(=O)OCc3ccccc3)c2C(=O)O)cc1C. The maximum Gasteiger partial charge on any atom is 0.412 e. The number of carboxylic acids is 1. The molecule has 0 aliphatic rings. The van der Waals surface area contributed by atoms with E-state index in [1.807, 2.05) is 62.4 Å². The van der Waals surface area contributed by atoms with Crippen LogP contribution in [0.2, 0.25) is 0 Å². The molecule has 6 heteroatoms. The van der Waals surface area contributed by atoms with Crippen molar-refractivity contribution >= 4 is 28.4 Å². The van der Waals surface area contributed by atoms with E-state index >= 15 is 0 Å². The highest BCUT2D eigenvalue weighted by atomic mass is 32.1. The fourth-order valence-corrected chi connectivity index (χ4v) is 3.58. The Balaban J connectivity index is 1.79.